The lowest BCUT2D eigenvalue weighted by Crippen LogP contribution is -2.05. The Morgan fingerprint density at radius 2 is 1.50 bits per heavy atom. The number of rotatable bonds is 7. The highest BCUT2D eigenvalue weighted by molar-refractivity contribution is 5.90. The van der Waals surface area contributed by atoms with Crippen molar-refractivity contribution in [1.82, 2.24) is 9.55 Å². The number of benzene rings is 4. The average Bonchev–Trinajstić information content (AvgIpc) is 3.22. The Labute approximate surface area is 201 Å². The topological polar surface area (TPSA) is 30.2 Å². The molecule has 5 aromatic rings. The molecule has 0 aliphatic carbocycles. The van der Waals surface area contributed by atoms with E-state index in [0.717, 1.165) is 42.0 Å². The highest BCUT2D eigenvalue weighted by Crippen LogP contribution is 2.25. The standard InChI is InChI=1S/C31H29N3/c1-3-10-30-33-31-23(2)19-25(21-32-28-13-8-5-9-14-28)20-29(31)34(30)22-24-15-17-27(18-16-24)26-11-6-4-7-12-26/h4-9,11-21H,3,10,22H2,1-2H3. The van der Waals surface area contributed by atoms with Crippen LogP contribution < -0.4 is 0 Å². The van der Waals surface area contributed by atoms with Crippen molar-refractivity contribution in [1.29, 1.82) is 0 Å². The summed E-state index contributed by atoms with van der Waals surface area (Å²) in [5.41, 5.74) is 9.25. The largest absolute Gasteiger partial charge is 0.323 e. The average molecular weight is 444 g/mol. The molecule has 0 saturated carbocycles. The Morgan fingerprint density at radius 3 is 2.21 bits per heavy atom. The smallest absolute Gasteiger partial charge is 0.110 e. The molecule has 0 fully saturated rings. The maximum Gasteiger partial charge on any atom is 0.110 e. The lowest BCUT2D eigenvalue weighted by molar-refractivity contribution is 0.722. The number of imidazole rings is 1. The molecular formula is C31H29N3. The third-order valence-corrected chi connectivity index (χ3v) is 6.14. The van der Waals surface area contributed by atoms with E-state index in [-0.39, 0.29) is 0 Å². The van der Waals surface area contributed by atoms with Crippen LogP contribution in [0.5, 0.6) is 0 Å². The highest BCUT2D eigenvalue weighted by Gasteiger charge is 2.13. The SMILES string of the molecule is CCCc1nc2c(C)cc(C=Nc3ccccc3)cc2n1Cc1ccc(-c2ccccc2)cc1. The quantitative estimate of drug-likeness (QED) is 0.236. The molecule has 34 heavy (non-hydrogen) atoms. The molecule has 3 nitrogen and oxygen atoms in total. The molecular weight excluding hydrogens is 414 g/mol. The molecule has 0 bridgehead atoms. The molecule has 0 amide bonds. The predicted molar refractivity (Wildman–Crippen MR) is 143 cm³/mol. The van der Waals surface area contributed by atoms with E-state index >= 15 is 0 Å². The first-order valence-electron chi connectivity index (χ1n) is 11.9. The summed E-state index contributed by atoms with van der Waals surface area (Å²) in [5.74, 6) is 1.14. The summed E-state index contributed by atoms with van der Waals surface area (Å²) in [7, 11) is 0. The summed E-state index contributed by atoms with van der Waals surface area (Å²) in [6.07, 6.45) is 3.98. The van der Waals surface area contributed by atoms with Crippen LogP contribution >= 0.6 is 0 Å². The monoisotopic (exact) mass is 443 g/mol. The second-order valence-corrected chi connectivity index (χ2v) is 8.73. The van der Waals surface area contributed by atoms with Gasteiger partial charge in [-0.1, -0.05) is 79.7 Å². The van der Waals surface area contributed by atoms with Gasteiger partial charge in [0.15, 0.2) is 0 Å². The maximum absolute atomic E-state index is 5.04. The van der Waals surface area contributed by atoms with Crippen molar-refractivity contribution >= 4 is 22.9 Å². The number of aliphatic imine (C=N–C) groups is 1. The van der Waals surface area contributed by atoms with Crippen LogP contribution in [-0.2, 0) is 13.0 Å². The summed E-state index contributed by atoms with van der Waals surface area (Å²) >= 11 is 0. The Morgan fingerprint density at radius 1 is 0.824 bits per heavy atom. The van der Waals surface area contributed by atoms with E-state index in [4.69, 9.17) is 4.98 Å². The minimum atomic E-state index is 0.805. The zero-order valence-electron chi connectivity index (χ0n) is 19.8. The Balaban J connectivity index is 1.50. The van der Waals surface area contributed by atoms with Crippen LogP contribution in [0.1, 0.15) is 35.9 Å². The molecule has 0 aliphatic rings. The summed E-state index contributed by atoms with van der Waals surface area (Å²) in [6, 6.07) is 33.9. The third kappa shape index (κ3) is 4.69. The minimum absolute atomic E-state index is 0.805. The van der Waals surface area contributed by atoms with Crippen LogP contribution in [0.2, 0.25) is 0 Å². The molecule has 3 heteroatoms. The fraction of sp³-hybridized carbons (Fsp3) is 0.161. The molecule has 168 valence electrons. The third-order valence-electron chi connectivity index (χ3n) is 6.14. The number of aromatic nitrogens is 2. The molecule has 1 aromatic heterocycles. The molecule has 0 N–H and O–H groups in total. The summed E-state index contributed by atoms with van der Waals surface area (Å²) < 4.78 is 2.38. The second-order valence-electron chi connectivity index (χ2n) is 8.73. The zero-order chi connectivity index (χ0) is 23.3. The van der Waals surface area contributed by atoms with Crippen molar-refractivity contribution in [2.45, 2.75) is 33.2 Å². The van der Waals surface area contributed by atoms with Gasteiger partial charge in [0.2, 0.25) is 0 Å². The van der Waals surface area contributed by atoms with Gasteiger partial charge < -0.3 is 4.57 Å². The van der Waals surface area contributed by atoms with Gasteiger partial charge >= 0.3 is 0 Å². The summed E-state index contributed by atoms with van der Waals surface area (Å²) in [4.78, 5) is 9.71. The Kier molecular flexibility index (Phi) is 6.35. The lowest BCUT2D eigenvalue weighted by atomic mass is 10.0. The van der Waals surface area contributed by atoms with Crippen LogP contribution in [0.15, 0.2) is 102 Å². The second kappa shape index (κ2) is 9.88. The van der Waals surface area contributed by atoms with E-state index in [9.17, 15) is 0 Å². The van der Waals surface area contributed by atoms with Crippen molar-refractivity contribution in [3.8, 4) is 11.1 Å². The van der Waals surface area contributed by atoms with Crippen LogP contribution in [-0.4, -0.2) is 15.8 Å². The first kappa shape index (κ1) is 21.8. The van der Waals surface area contributed by atoms with Crippen molar-refractivity contribution < 1.29 is 0 Å². The van der Waals surface area contributed by atoms with Gasteiger partial charge in [0.25, 0.3) is 0 Å². The molecule has 0 unspecified atom stereocenters. The number of hydrogen-bond acceptors (Lipinski definition) is 2. The van der Waals surface area contributed by atoms with E-state index in [1.54, 1.807) is 0 Å². The lowest BCUT2D eigenvalue weighted by Gasteiger charge is -2.11. The number of aryl methyl sites for hydroxylation is 2. The molecule has 0 aliphatic heterocycles. The molecule has 0 radical (unpaired) electrons. The van der Waals surface area contributed by atoms with E-state index in [0.29, 0.717) is 0 Å². The minimum Gasteiger partial charge on any atom is -0.323 e. The summed E-state index contributed by atoms with van der Waals surface area (Å²) in [6.45, 7) is 5.16. The van der Waals surface area contributed by atoms with Gasteiger partial charge in [0.05, 0.1) is 16.7 Å². The van der Waals surface area contributed by atoms with Crippen LogP contribution in [0, 0.1) is 6.92 Å². The molecule has 1 heterocycles. The van der Waals surface area contributed by atoms with Gasteiger partial charge in [-0.25, -0.2) is 4.98 Å². The van der Waals surface area contributed by atoms with Crippen LogP contribution in [0.25, 0.3) is 22.2 Å². The number of nitrogens with zero attached hydrogens (tertiary/aromatic N) is 3. The van der Waals surface area contributed by atoms with Gasteiger partial charge in [-0.3, -0.25) is 4.99 Å². The van der Waals surface area contributed by atoms with Crippen molar-refractivity contribution in [2.24, 2.45) is 4.99 Å². The molecule has 0 saturated heterocycles. The fourth-order valence-corrected chi connectivity index (χ4v) is 4.41. The van der Waals surface area contributed by atoms with Crippen molar-refractivity contribution in [3.63, 3.8) is 0 Å². The van der Waals surface area contributed by atoms with Gasteiger partial charge in [-0.15, -0.1) is 0 Å². The van der Waals surface area contributed by atoms with Crippen molar-refractivity contribution in [3.05, 3.63) is 120 Å². The van der Waals surface area contributed by atoms with Gasteiger partial charge in [-0.05, 0) is 65.4 Å². The normalized spacial score (nSPS) is 11.5. The van der Waals surface area contributed by atoms with E-state index < -0.39 is 0 Å². The summed E-state index contributed by atoms with van der Waals surface area (Å²) in [5, 5.41) is 0. The maximum atomic E-state index is 5.04. The number of fused-ring (bicyclic) bond motifs is 1. The first-order valence-corrected chi connectivity index (χ1v) is 11.9. The fourth-order valence-electron chi connectivity index (χ4n) is 4.41. The van der Waals surface area contributed by atoms with Gasteiger partial charge in [-0.2, -0.15) is 0 Å². The first-order chi connectivity index (χ1) is 16.7. The predicted octanol–water partition coefficient (Wildman–Crippen LogP) is 7.76. The number of para-hydroxylation sites is 1. The molecule has 0 spiro atoms. The van der Waals surface area contributed by atoms with Crippen LogP contribution in [0.4, 0.5) is 5.69 Å². The van der Waals surface area contributed by atoms with Crippen molar-refractivity contribution in [2.75, 3.05) is 0 Å². The van der Waals surface area contributed by atoms with E-state index in [2.05, 4.69) is 90.1 Å². The zero-order valence-corrected chi connectivity index (χ0v) is 19.8. The highest BCUT2D eigenvalue weighted by atomic mass is 15.1. The Hall–Kier alpha value is -3.98. The molecule has 4 aromatic carbocycles. The number of hydrogen-bond donors (Lipinski definition) is 0. The molecule has 5 rings (SSSR count). The van der Waals surface area contributed by atoms with E-state index in [1.165, 1.54) is 27.8 Å². The Bertz CT molecular complexity index is 1410. The van der Waals surface area contributed by atoms with E-state index in [1.807, 2.05) is 36.5 Å². The van der Waals surface area contributed by atoms with Gasteiger partial charge in [0, 0.05) is 19.2 Å². The van der Waals surface area contributed by atoms with Gasteiger partial charge in [0.1, 0.15) is 5.82 Å². The molecule has 0 atom stereocenters. The van der Waals surface area contributed by atoms with Crippen LogP contribution in [0.3, 0.4) is 0 Å².